The number of tetrazole rings is 1. The van der Waals surface area contributed by atoms with Crippen molar-refractivity contribution in [2.75, 3.05) is 20.6 Å². The van der Waals surface area contributed by atoms with Gasteiger partial charge >= 0.3 is 0 Å². The van der Waals surface area contributed by atoms with Gasteiger partial charge in [-0.25, -0.2) is 0 Å². The Labute approximate surface area is 195 Å². The first kappa shape index (κ1) is 22.0. The van der Waals surface area contributed by atoms with Gasteiger partial charge in [0, 0.05) is 18.5 Å². The summed E-state index contributed by atoms with van der Waals surface area (Å²) >= 11 is 0. The average molecular weight is 447 g/mol. The Morgan fingerprint density at radius 1 is 1.06 bits per heavy atom. The van der Waals surface area contributed by atoms with E-state index in [1.165, 1.54) is 36.8 Å². The minimum atomic E-state index is 0.0979. The Bertz CT molecular complexity index is 1010. The molecule has 2 atom stereocenters. The van der Waals surface area contributed by atoms with Crippen molar-refractivity contribution < 1.29 is 4.74 Å². The zero-order valence-corrected chi connectivity index (χ0v) is 19.6. The fourth-order valence-electron chi connectivity index (χ4n) is 5.68. The lowest BCUT2D eigenvalue weighted by molar-refractivity contribution is 0.0772. The second-order valence-electron chi connectivity index (χ2n) is 9.79. The van der Waals surface area contributed by atoms with E-state index in [4.69, 9.17) is 4.74 Å². The number of nitrogens with one attached hydrogen (secondary N) is 2. The first-order valence-corrected chi connectivity index (χ1v) is 12.1. The summed E-state index contributed by atoms with van der Waals surface area (Å²) in [5.74, 6) is 2.38. The van der Waals surface area contributed by atoms with Crippen LogP contribution in [0.3, 0.4) is 0 Å². The van der Waals surface area contributed by atoms with Gasteiger partial charge in [-0.15, -0.1) is 10.2 Å². The third-order valence-electron chi connectivity index (χ3n) is 7.59. The molecule has 3 aromatic rings. The predicted molar refractivity (Wildman–Crippen MR) is 128 cm³/mol. The molecule has 1 saturated heterocycles. The van der Waals surface area contributed by atoms with Crippen molar-refractivity contribution in [3.8, 4) is 5.75 Å². The van der Waals surface area contributed by atoms with Crippen LogP contribution in [0.25, 0.3) is 0 Å². The lowest BCUT2D eigenvalue weighted by atomic mass is 9.70. The van der Waals surface area contributed by atoms with E-state index in [2.05, 4.69) is 99.5 Å². The summed E-state index contributed by atoms with van der Waals surface area (Å²) in [6.45, 7) is 0.790. The van der Waals surface area contributed by atoms with E-state index in [1.807, 2.05) is 0 Å². The predicted octanol–water partition coefficient (Wildman–Crippen LogP) is 3.87. The molecule has 7 heteroatoms. The number of aromatic nitrogens is 4. The number of benzene rings is 2. The fourth-order valence-corrected chi connectivity index (χ4v) is 5.68. The molecule has 0 bridgehead atoms. The lowest BCUT2D eigenvalue weighted by Gasteiger charge is -2.45. The van der Waals surface area contributed by atoms with E-state index >= 15 is 0 Å². The first-order valence-electron chi connectivity index (χ1n) is 12.1. The third kappa shape index (κ3) is 4.80. The molecule has 2 heterocycles. The smallest absolute Gasteiger partial charge is 0.191 e. The zero-order chi connectivity index (χ0) is 22.7. The monoisotopic (exact) mass is 446 g/mol. The topological polar surface area (TPSA) is 79.0 Å². The molecule has 174 valence electrons. The van der Waals surface area contributed by atoms with Crippen LogP contribution in [0.1, 0.15) is 55.1 Å². The van der Waals surface area contributed by atoms with Gasteiger partial charge in [-0.3, -0.25) is 4.90 Å². The van der Waals surface area contributed by atoms with Crippen LogP contribution in [-0.2, 0) is 12.0 Å². The summed E-state index contributed by atoms with van der Waals surface area (Å²) in [5.41, 5.74) is 2.98. The average Bonchev–Trinajstić information content (AvgIpc) is 3.53. The van der Waals surface area contributed by atoms with Crippen LogP contribution in [-0.4, -0.2) is 52.3 Å². The van der Waals surface area contributed by atoms with Gasteiger partial charge in [0.05, 0.1) is 6.04 Å². The second kappa shape index (κ2) is 9.61. The van der Waals surface area contributed by atoms with Crippen LogP contribution in [0.2, 0.25) is 0 Å². The third-order valence-corrected chi connectivity index (χ3v) is 7.59. The van der Waals surface area contributed by atoms with Gasteiger partial charge < -0.3 is 10.1 Å². The number of hydrogen-bond acceptors (Lipinski definition) is 6. The Hall–Kier alpha value is -2.77. The van der Waals surface area contributed by atoms with E-state index in [0.717, 1.165) is 25.1 Å². The van der Waals surface area contributed by atoms with Crippen LogP contribution < -0.4 is 10.1 Å². The van der Waals surface area contributed by atoms with E-state index in [9.17, 15) is 0 Å². The SMILES string of the molecule is CN(C)C1(c2ccccc2)CCC(Cc2cccc(O[C@@H]3CN[C@H](c4nn[nH]n4)C3)c2)CC1. The molecule has 0 radical (unpaired) electrons. The highest BCUT2D eigenvalue weighted by Gasteiger charge is 2.38. The normalized spacial score (nSPS) is 27.7. The number of hydrogen-bond donors (Lipinski definition) is 2. The van der Waals surface area contributed by atoms with Crippen molar-refractivity contribution in [3.05, 3.63) is 71.5 Å². The minimum Gasteiger partial charge on any atom is -0.489 e. The van der Waals surface area contributed by atoms with Crippen molar-refractivity contribution in [2.45, 2.75) is 56.2 Å². The summed E-state index contributed by atoms with van der Waals surface area (Å²) in [5, 5.41) is 17.8. The summed E-state index contributed by atoms with van der Waals surface area (Å²) in [6, 6.07) is 19.8. The maximum Gasteiger partial charge on any atom is 0.191 e. The summed E-state index contributed by atoms with van der Waals surface area (Å²) < 4.78 is 6.30. The highest BCUT2D eigenvalue weighted by atomic mass is 16.5. The molecule has 33 heavy (non-hydrogen) atoms. The van der Waals surface area contributed by atoms with E-state index in [-0.39, 0.29) is 17.7 Å². The second-order valence-corrected chi connectivity index (χ2v) is 9.79. The summed E-state index contributed by atoms with van der Waals surface area (Å²) in [7, 11) is 4.46. The van der Waals surface area contributed by atoms with Crippen molar-refractivity contribution >= 4 is 0 Å². The molecule has 2 fully saturated rings. The molecule has 2 N–H and O–H groups in total. The molecule has 7 nitrogen and oxygen atoms in total. The number of ether oxygens (including phenoxy) is 1. The molecular weight excluding hydrogens is 412 g/mol. The summed E-state index contributed by atoms with van der Waals surface area (Å²) in [4.78, 5) is 2.44. The van der Waals surface area contributed by atoms with Crippen LogP contribution in [0, 0.1) is 5.92 Å². The first-order chi connectivity index (χ1) is 16.1. The Morgan fingerprint density at radius 2 is 1.88 bits per heavy atom. The van der Waals surface area contributed by atoms with Crippen molar-refractivity contribution in [1.82, 2.24) is 30.8 Å². The highest BCUT2D eigenvalue weighted by molar-refractivity contribution is 5.30. The van der Waals surface area contributed by atoms with E-state index in [1.54, 1.807) is 0 Å². The van der Waals surface area contributed by atoms with Crippen LogP contribution in [0.5, 0.6) is 5.75 Å². The molecule has 2 aliphatic rings. The maximum absolute atomic E-state index is 6.30. The number of aromatic amines is 1. The molecule has 0 unspecified atom stereocenters. The Balaban J connectivity index is 1.18. The quantitative estimate of drug-likeness (QED) is 0.574. The lowest BCUT2D eigenvalue weighted by Crippen LogP contribution is -2.44. The van der Waals surface area contributed by atoms with Gasteiger partial charge in [-0.2, -0.15) is 5.21 Å². The highest BCUT2D eigenvalue weighted by Crippen LogP contribution is 2.43. The minimum absolute atomic E-state index is 0.0979. The molecule has 5 rings (SSSR count). The van der Waals surface area contributed by atoms with Crippen molar-refractivity contribution in [2.24, 2.45) is 5.92 Å². The van der Waals surface area contributed by atoms with Gasteiger partial charge in [-0.05, 0) is 75.4 Å². The van der Waals surface area contributed by atoms with Gasteiger partial charge in [0.2, 0.25) is 0 Å². The Morgan fingerprint density at radius 3 is 2.61 bits per heavy atom. The molecule has 1 aliphatic heterocycles. The molecule has 0 amide bonds. The molecule has 1 aromatic heterocycles. The molecule has 1 saturated carbocycles. The van der Waals surface area contributed by atoms with Crippen molar-refractivity contribution in [1.29, 1.82) is 0 Å². The maximum atomic E-state index is 6.30. The Kier molecular flexibility index (Phi) is 6.42. The zero-order valence-electron chi connectivity index (χ0n) is 19.6. The fraction of sp³-hybridized carbons (Fsp3) is 0.500. The van der Waals surface area contributed by atoms with E-state index < -0.39 is 0 Å². The van der Waals surface area contributed by atoms with E-state index in [0.29, 0.717) is 11.7 Å². The molecule has 2 aromatic carbocycles. The van der Waals surface area contributed by atoms with Gasteiger partial charge in [-0.1, -0.05) is 47.7 Å². The van der Waals surface area contributed by atoms with Crippen LogP contribution in [0.15, 0.2) is 54.6 Å². The van der Waals surface area contributed by atoms with Crippen molar-refractivity contribution in [3.63, 3.8) is 0 Å². The number of H-pyrrole nitrogens is 1. The summed E-state index contributed by atoms with van der Waals surface area (Å²) in [6.07, 6.45) is 6.98. The van der Waals surface area contributed by atoms with Crippen LogP contribution in [0.4, 0.5) is 0 Å². The largest absolute Gasteiger partial charge is 0.489 e. The number of rotatable bonds is 7. The van der Waals surface area contributed by atoms with Gasteiger partial charge in [0.25, 0.3) is 0 Å². The standard InChI is InChI=1S/C26H34N6O/c1-32(2)26(21-8-4-3-5-9-21)13-11-19(12-14-26)15-20-7-6-10-22(16-20)33-23-17-24(27-18-23)25-28-30-31-29-25/h3-10,16,19,23-24,27H,11-15,17-18H2,1-2H3,(H,28,29,30,31)/t19?,23-,24-,26?/m0/s1. The molecular formula is C26H34N6O. The van der Waals surface area contributed by atoms with Gasteiger partial charge in [0.15, 0.2) is 5.82 Å². The molecule has 1 aliphatic carbocycles. The molecule has 0 spiro atoms. The van der Waals surface area contributed by atoms with Crippen LogP contribution >= 0.6 is 0 Å². The van der Waals surface area contributed by atoms with Gasteiger partial charge in [0.1, 0.15) is 11.9 Å². The number of nitrogens with zero attached hydrogens (tertiary/aromatic N) is 4.